The molecule has 0 aliphatic heterocycles. The number of aromatic amines is 1. The summed E-state index contributed by atoms with van der Waals surface area (Å²) in [4.78, 5) is 27.0. The number of hydrogen-bond donors (Lipinski definition) is 2. The fraction of sp³-hybridized carbons (Fsp3) is 0.176. The van der Waals surface area contributed by atoms with Gasteiger partial charge in [-0.25, -0.2) is 4.79 Å². The molecule has 0 aliphatic rings. The van der Waals surface area contributed by atoms with E-state index in [0.717, 1.165) is 10.9 Å². The van der Waals surface area contributed by atoms with Crippen LogP contribution in [0.25, 0.3) is 10.9 Å². The van der Waals surface area contributed by atoms with Gasteiger partial charge in [0.2, 0.25) is 0 Å². The summed E-state index contributed by atoms with van der Waals surface area (Å²) in [6.45, 7) is 1.78. The Morgan fingerprint density at radius 1 is 1.26 bits per heavy atom. The highest BCUT2D eigenvalue weighted by atomic mass is 16.5. The highest BCUT2D eigenvalue weighted by Gasteiger charge is 2.20. The molecule has 0 radical (unpaired) electrons. The maximum absolute atomic E-state index is 12.1. The molecule has 118 valence electrons. The monoisotopic (exact) mass is 312 g/mol. The number of H-pyrrole nitrogens is 1. The Balaban J connectivity index is 1.58. The summed E-state index contributed by atoms with van der Waals surface area (Å²) < 4.78 is 10.3. The first-order valence-electron chi connectivity index (χ1n) is 7.22. The van der Waals surface area contributed by atoms with Gasteiger partial charge >= 0.3 is 5.97 Å². The predicted octanol–water partition coefficient (Wildman–Crippen LogP) is 2.62. The Morgan fingerprint density at radius 2 is 2.09 bits per heavy atom. The molecule has 6 nitrogen and oxygen atoms in total. The molecule has 0 saturated heterocycles. The van der Waals surface area contributed by atoms with E-state index in [0.29, 0.717) is 11.5 Å². The van der Waals surface area contributed by atoms with Crippen LogP contribution in [0.3, 0.4) is 0 Å². The number of furan rings is 1. The zero-order valence-electron chi connectivity index (χ0n) is 12.5. The number of ether oxygens (including phenoxy) is 1. The molecule has 0 bridgehead atoms. The quantitative estimate of drug-likeness (QED) is 0.709. The zero-order valence-corrected chi connectivity index (χ0v) is 12.5. The van der Waals surface area contributed by atoms with Crippen LogP contribution in [0.2, 0.25) is 0 Å². The number of hydrogen-bond acceptors (Lipinski definition) is 4. The zero-order chi connectivity index (χ0) is 16.2. The second kappa shape index (κ2) is 6.39. The molecule has 0 aliphatic carbocycles. The molecule has 2 heterocycles. The van der Waals surface area contributed by atoms with Crippen molar-refractivity contribution in [3.63, 3.8) is 0 Å². The topological polar surface area (TPSA) is 84.3 Å². The summed E-state index contributed by atoms with van der Waals surface area (Å²) in [7, 11) is 0. The number of fused-ring (bicyclic) bond motifs is 1. The van der Waals surface area contributed by atoms with Crippen LogP contribution < -0.4 is 5.32 Å². The molecular formula is C17H16N2O4. The van der Waals surface area contributed by atoms with E-state index in [4.69, 9.17) is 9.15 Å². The van der Waals surface area contributed by atoms with Crippen molar-refractivity contribution < 1.29 is 18.7 Å². The van der Waals surface area contributed by atoms with E-state index >= 15 is 0 Å². The Bertz CT molecular complexity index is 787. The van der Waals surface area contributed by atoms with Gasteiger partial charge in [-0.2, -0.15) is 0 Å². The lowest BCUT2D eigenvalue weighted by Crippen LogP contribution is -2.35. The van der Waals surface area contributed by atoms with Gasteiger partial charge in [0, 0.05) is 10.9 Å². The van der Waals surface area contributed by atoms with Crippen LogP contribution in [0.1, 0.15) is 23.2 Å². The second-order valence-electron chi connectivity index (χ2n) is 5.11. The Morgan fingerprint density at radius 3 is 2.83 bits per heavy atom. The lowest BCUT2D eigenvalue weighted by atomic mass is 10.2. The molecule has 6 heteroatoms. The van der Waals surface area contributed by atoms with Crippen LogP contribution in [0, 0.1) is 0 Å². The first-order chi connectivity index (χ1) is 11.1. The number of para-hydroxylation sites is 1. The molecule has 3 aromatic rings. The standard InChI is InChI=1S/C17H16N2O4/c1-11(16(20)18-10-13-6-4-8-22-13)23-17(21)15-9-12-5-2-3-7-14(12)19-15/h2-9,11,19H,10H2,1H3,(H,18,20). The number of carbonyl (C=O) groups is 2. The van der Waals surface area contributed by atoms with Gasteiger partial charge in [-0.1, -0.05) is 18.2 Å². The number of rotatable bonds is 5. The molecule has 0 spiro atoms. The summed E-state index contributed by atoms with van der Waals surface area (Å²) in [5, 5.41) is 3.56. The van der Waals surface area contributed by atoms with Crippen LogP contribution in [0.4, 0.5) is 0 Å². The van der Waals surface area contributed by atoms with Crippen molar-refractivity contribution in [1.29, 1.82) is 0 Å². The van der Waals surface area contributed by atoms with Crippen LogP contribution in [-0.2, 0) is 16.1 Å². The molecule has 1 unspecified atom stereocenters. The lowest BCUT2D eigenvalue weighted by Gasteiger charge is -2.12. The van der Waals surface area contributed by atoms with Gasteiger partial charge in [0.1, 0.15) is 11.5 Å². The van der Waals surface area contributed by atoms with Crippen LogP contribution in [-0.4, -0.2) is 23.0 Å². The molecule has 1 atom stereocenters. The maximum atomic E-state index is 12.1. The van der Waals surface area contributed by atoms with Crippen molar-refractivity contribution in [3.05, 3.63) is 60.2 Å². The SMILES string of the molecule is CC(OC(=O)c1cc2ccccc2[nH]1)C(=O)NCc1ccco1. The van der Waals surface area contributed by atoms with Gasteiger partial charge in [0.05, 0.1) is 12.8 Å². The smallest absolute Gasteiger partial charge is 0.355 e. The lowest BCUT2D eigenvalue weighted by molar-refractivity contribution is -0.129. The number of carbonyl (C=O) groups excluding carboxylic acids is 2. The average Bonchev–Trinajstić information content (AvgIpc) is 3.21. The fourth-order valence-corrected chi connectivity index (χ4v) is 2.19. The first kappa shape index (κ1) is 14.9. The number of amides is 1. The van der Waals surface area contributed by atoms with E-state index in [2.05, 4.69) is 10.3 Å². The number of aromatic nitrogens is 1. The highest BCUT2D eigenvalue weighted by molar-refractivity contribution is 5.96. The fourth-order valence-electron chi connectivity index (χ4n) is 2.19. The van der Waals surface area contributed by atoms with Crippen LogP contribution in [0.5, 0.6) is 0 Å². The molecule has 1 aromatic carbocycles. The first-order valence-corrected chi connectivity index (χ1v) is 7.22. The molecule has 2 N–H and O–H groups in total. The van der Waals surface area contributed by atoms with Gasteiger partial charge in [-0.05, 0) is 31.2 Å². The minimum absolute atomic E-state index is 0.250. The van der Waals surface area contributed by atoms with Crippen LogP contribution >= 0.6 is 0 Å². The predicted molar refractivity (Wildman–Crippen MR) is 83.7 cm³/mol. The molecule has 3 rings (SSSR count). The van der Waals surface area contributed by atoms with E-state index in [9.17, 15) is 9.59 Å². The third-order valence-electron chi connectivity index (χ3n) is 3.42. The van der Waals surface area contributed by atoms with Crippen molar-refractivity contribution in [2.45, 2.75) is 19.6 Å². The molecular weight excluding hydrogens is 296 g/mol. The van der Waals surface area contributed by atoms with Crippen molar-refractivity contribution in [2.24, 2.45) is 0 Å². The Labute approximate surface area is 132 Å². The molecule has 0 saturated carbocycles. The van der Waals surface area contributed by atoms with Crippen molar-refractivity contribution in [1.82, 2.24) is 10.3 Å². The van der Waals surface area contributed by atoms with E-state index in [1.807, 2.05) is 24.3 Å². The van der Waals surface area contributed by atoms with Crippen LogP contribution in [0.15, 0.2) is 53.1 Å². The minimum atomic E-state index is -0.899. The maximum Gasteiger partial charge on any atom is 0.355 e. The van der Waals surface area contributed by atoms with E-state index in [1.165, 1.54) is 13.2 Å². The van der Waals surface area contributed by atoms with Gasteiger partial charge in [-0.15, -0.1) is 0 Å². The van der Waals surface area contributed by atoms with Gasteiger partial charge in [0.25, 0.3) is 5.91 Å². The second-order valence-corrected chi connectivity index (χ2v) is 5.11. The highest BCUT2D eigenvalue weighted by Crippen LogP contribution is 2.15. The van der Waals surface area contributed by atoms with Crippen molar-refractivity contribution >= 4 is 22.8 Å². The van der Waals surface area contributed by atoms with E-state index < -0.39 is 12.1 Å². The third-order valence-corrected chi connectivity index (χ3v) is 3.42. The number of nitrogens with one attached hydrogen (secondary N) is 2. The number of benzene rings is 1. The molecule has 2 aromatic heterocycles. The summed E-state index contributed by atoms with van der Waals surface area (Å²) >= 11 is 0. The molecule has 1 amide bonds. The van der Waals surface area contributed by atoms with Gasteiger partial charge < -0.3 is 19.5 Å². The Kier molecular flexibility index (Phi) is 4.14. The summed E-state index contributed by atoms with van der Waals surface area (Å²) in [5.41, 5.74) is 1.16. The van der Waals surface area contributed by atoms with Crippen molar-refractivity contribution in [2.75, 3.05) is 0 Å². The van der Waals surface area contributed by atoms with Gasteiger partial charge in [-0.3, -0.25) is 4.79 Å². The third kappa shape index (κ3) is 3.42. The molecule has 23 heavy (non-hydrogen) atoms. The largest absolute Gasteiger partial charge is 0.467 e. The van der Waals surface area contributed by atoms with E-state index in [-0.39, 0.29) is 12.5 Å². The Hall–Kier alpha value is -3.02. The summed E-state index contributed by atoms with van der Waals surface area (Å²) in [6, 6.07) is 12.7. The van der Waals surface area contributed by atoms with E-state index in [1.54, 1.807) is 18.2 Å². The summed E-state index contributed by atoms with van der Waals surface area (Å²) in [6.07, 6.45) is 0.629. The average molecular weight is 312 g/mol. The summed E-state index contributed by atoms with van der Waals surface area (Å²) in [5.74, 6) is -0.319. The number of esters is 1. The van der Waals surface area contributed by atoms with Crippen molar-refractivity contribution in [3.8, 4) is 0 Å². The van der Waals surface area contributed by atoms with Gasteiger partial charge in [0.15, 0.2) is 6.10 Å². The molecule has 0 fully saturated rings. The minimum Gasteiger partial charge on any atom is -0.467 e. The normalized spacial score (nSPS) is 12.0.